The van der Waals surface area contributed by atoms with Gasteiger partial charge in [0.15, 0.2) is 0 Å². The summed E-state index contributed by atoms with van der Waals surface area (Å²) in [5.74, 6) is -4.01. The van der Waals surface area contributed by atoms with Gasteiger partial charge in [-0.25, -0.2) is 18.2 Å². The zero-order valence-corrected chi connectivity index (χ0v) is 16.9. The van der Waals surface area contributed by atoms with Gasteiger partial charge in [-0.2, -0.15) is 0 Å². The molecule has 1 saturated heterocycles. The van der Waals surface area contributed by atoms with Crippen molar-refractivity contribution in [1.82, 2.24) is 15.2 Å². The lowest BCUT2D eigenvalue weighted by Gasteiger charge is -2.30. The van der Waals surface area contributed by atoms with Crippen LogP contribution in [0.25, 0.3) is 0 Å². The van der Waals surface area contributed by atoms with Crippen LogP contribution in [0.4, 0.5) is 13.2 Å². The molecular weight excluding hydrogens is 411 g/mol. The summed E-state index contributed by atoms with van der Waals surface area (Å²) in [6.07, 6.45) is 1.70. The van der Waals surface area contributed by atoms with Gasteiger partial charge < -0.3 is 5.32 Å². The van der Waals surface area contributed by atoms with Crippen molar-refractivity contribution >= 4 is 28.8 Å². The van der Waals surface area contributed by atoms with Crippen LogP contribution in [-0.2, 0) is 0 Å². The number of carbonyl (C=O) groups excluding carboxylic acids is 1. The van der Waals surface area contributed by atoms with Crippen LogP contribution in [0.3, 0.4) is 0 Å². The van der Waals surface area contributed by atoms with E-state index in [4.69, 9.17) is 11.6 Å². The van der Waals surface area contributed by atoms with E-state index in [-0.39, 0.29) is 42.6 Å². The van der Waals surface area contributed by atoms with Gasteiger partial charge in [0, 0.05) is 37.0 Å². The standard InChI is InChI=1S/C19H21ClF3N3OS/c1-12-24-11-16(28-12)15(26-8-3-6-19(22,23)7-9-26)10-25-18(27)17-13(20)4-2-5-14(17)21/h2,4-5,11,15H,3,6-10H2,1H3,(H,25,27). The van der Waals surface area contributed by atoms with E-state index in [2.05, 4.69) is 10.3 Å². The molecule has 28 heavy (non-hydrogen) atoms. The smallest absolute Gasteiger partial charge is 0.255 e. The highest BCUT2D eigenvalue weighted by Gasteiger charge is 2.34. The van der Waals surface area contributed by atoms with Crippen LogP contribution < -0.4 is 5.32 Å². The van der Waals surface area contributed by atoms with Crippen molar-refractivity contribution in [2.45, 2.75) is 38.2 Å². The van der Waals surface area contributed by atoms with E-state index in [0.717, 1.165) is 9.88 Å². The summed E-state index contributed by atoms with van der Waals surface area (Å²) in [7, 11) is 0. The number of thiazole rings is 1. The van der Waals surface area contributed by atoms with E-state index >= 15 is 0 Å². The lowest BCUT2D eigenvalue weighted by Crippen LogP contribution is -2.39. The van der Waals surface area contributed by atoms with E-state index in [1.54, 1.807) is 6.20 Å². The average molecular weight is 432 g/mol. The van der Waals surface area contributed by atoms with Crippen molar-refractivity contribution < 1.29 is 18.0 Å². The molecule has 1 aliphatic rings. The molecule has 4 nitrogen and oxygen atoms in total. The number of nitrogens with one attached hydrogen (secondary N) is 1. The quantitative estimate of drug-likeness (QED) is 0.737. The average Bonchev–Trinajstić information content (AvgIpc) is 2.96. The first kappa shape index (κ1) is 21.1. The number of amides is 1. The third-order valence-electron chi connectivity index (χ3n) is 4.81. The maximum Gasteiger partial charge on any atom is 0.255 e. The molecule has 2 heterocycles. The molecule has 1 N–H and O–H groups in total. The third kappa shape index (κ3) is 5.04. The van der Waals surface area contributed by atoms with Crippen molar-refractivity contribution in [2.24, 2.45) is 0 Å². The minimum absolute atomic E-state index is 0.0251. The highest BCUT2D eigenvalue weighted by molar-refractivity contribution is 7.11. The number of rotatable bonds is 5. The molecule has 0 aliphatic carbocycles. The van der Waals surface area contributed by atoms with Crippen molar-refractivity contribution in [3.8, 4) is 0 Å². The second-order valence-electron chi connectivity index (χ2n) is 6.85. The van der Waals surface area contributed by atoms with Crippen molar-refractivity contribution in [1.29, 1.82) is 0 Å². The molecule has 1 aromatic heterocycles. The third-order valence-corrected chi connectivity index (χ3v) is 6.14. The number of aromatic nitrogens is 1. The maximum atomic E-state index is 14.0. The normalized spacial score (nSPS) is 18.5. The molecule has 0 spiro atoms. The number of benzene rings is 1. The first-order valence-corrected chi connectivity index (χ1v) is 10.2. The fraction of sp³-hybridized carbons (Fsp3) is 0.474. The number of aryl methyl sites for hydroxylation is 1. The van der Waals surface area contributed by atoms with E-state index < -0.39 is 17.6 Å². The second-order valence-corrected chi connectivity index (χ2v) is 8.52. The Kier molecular flexibility index (Phi) is 6.62. The number of alkyl halides is 2. The van der Waals surface area contributed by atoms with Crippen molar-refractivity contribution in [3.63, 3.8) is 0 Å². The number of likely N-dealkylation sites (tertiary alicyclic amines) is 1. The van der Waals surface area contributed by atoms with Crippen LogP contribution in [0.1, 0.15) is 45.5 Å². The molecule has 152 valence electrons. The van der Waals surface area contributed by atoms with E-state index in [9.17, 15) is 18.0 Å². The predicted octanol–water partition coefficient (Wildman–Crippen LogP) is 4.84. The number of halogens is 4. The Hall–Kier alpha value is -1.64. The number of nitrogens with zero attached hydrogens (tertiary/aromatic N) is 2. The summed E-state index contributed by atoms with van der Waals surface area (Å²) >= 11 is 7.42. The summed E-state index contributed by atoms with van der Waals surface area (Å²) < 4.78 is 41.5. The minimum Gasteiger partial charge on any atom is -0.350 e. The van der Waals surface area contributed by atoms with Gasteiger partial charge in [-0.05, 0) is 32.0 Å². The monoisotopic (exact) mass is 431 g/mol. The van der Waals surface area contributed by atoms with Gasteiger partial charge in [-0.15, -0.1) is 11.3 Å². The molecule has 1 aromatic carbocycles. The molecule has 1 fully saturated rings. The minimum atomic E-state index is -2.67. The Labute approximate surface area is 170 Å². The predicted molar refractivity (Wildman–Crippen MR) is 104 cm³/mol. The zero-order valence-electron chi connectivity index (χ0n) is 15.4. The fourth-order valence-electron chi connectivity index (χ4n) is 3.33. The summed E-state index contributed by atoms with van der Waals surface area (Å²) in [4.78, 5) is 19.6. The Bertz CT molecular complexity index is 825. The lowest BCUT2D eigenvalue weighted by molar-refractivity contribution is -0.0140. The number of hydrogen-bond acceptors (Lipinski definition) is 4. The van der Waals surface area contributed by atoms with Gasteiger partial charge in [0.2, 0.25) is 5.92 Å². The molecule has 1 atom stereocenters. The number of carbonyl (C=O) groups is 1. The Morgan fingerprint density at radius 1 is 1.39 bits per heavy atom. The highest BCUT2D eigenvalue weighted by Crippen LogP contribution is 2.33. The first-order chi connectivity index (χ1) is 13.3. The summed E-state index contributed by atoms with van der Waals surface area (Å²) in [6, 6.07) is 3.73. The van der Waals surface area contributed by atoms with Gasteiger partial charge in [-0.3, -0.25) is 9.69 Å². The zero-order chi connectivity index (χ0) is 20.3. The van der Waals surface area contributed by atoms with Crippen LogP contribution in [-0.4, -0.2) is 41.3 Å². The second kappa shape index (κ2) is 8.80. The summed E-state index contributed by atoms with van der Waals surface area (Å²) in [5, 5.41) is 3.59. The Balaban J connectivity index is 1.77. The highest BCUT2D eigenvalue weighted by atomic mass is 35.5. The topological polar surface area (TPSA) is 45.2 Å². The first-order valence-electron chi connectivity index (χ1n) is 9.03. The molecule has 9 heteroatoms. The van der Waals surface area contributed by atoms with Gasteiger partial charge in [0.1, 0.15) is 5.82 Å². The molecule has 0 radical (unpaired) electrons. The van der Waals surface area contributed by atoms with Gasteiger partial charge in [0.25, 0.3) is 5.91 Å². The molecule has 1 amide bonds. The Morgan fingerprint density at radius 2 is 2.18 bits per heavy atom. The molecule has 1 aliphatic heterocycles. The fourth-order valence-corrected chi connectivity index (χ4v) is 4.50. The lowest BCUT2D eigenvalue weighted by atomic mass is 10.1. The van der Waals surface area contributed by atoms with E-state index in [1.807, 2.05) is 11.8 Å². The number of hydrogen-bond donors (Lipinski definition) is 1. The van der Waals surface area contributed by atoms with Crippen LogP contribution in [0.15, 0.2) is 24.4 Å². The van der Waals surface area contributed by atoms with E-state index in [1.165, 1.54) is 29.5 Å². The van der Waals surface area contributed by atoms with Crippen LogP contribution in [0, 0.1) is 12.7 Å². The summed E-state index contributed by atoms with van der Waals surface area (Å²) in [5.41, 5.74) is -0.217. The van der Waals surface area contributed by atoms with Crippen molar-refractivity contribution in [3.05, 3.63) is 50.7 Å². The van der Waals surface area contributed by atoms with Crippen LogP contribution >= 0.6 is 22.9 Å². The summed E-state index contributed by atoms with van der Waals surface area (Å²) in [6.45, 7) is 2.72. The maximum absolute atomic E-state index is 14.0. The van der Waals surface area contributed by atoms with Crippen LogP contribution in [0.2, 0.25) is 5.02 Å². The van der Waals surface area contributed by atoms with Gasteiger partial charge in [0.05, 0.1) is 21.6 Å². The SMILES string of the molecule is Cc1ncc(C(CNC(=O)c2c(F)cccc2Cl)N2CCCC(F)(F)CC2)s1. The molecular formula is C19H21ClF3N3OS. The molecule has 0 bridgehead atoms. The van der Waals surface area contributed by atoms with Crippen molar-refractivity contribution in [2.75, 3.05) is 19.6 Å². The Morgan fingerprint density at radius 3 is 2.86 bits per heavy atom. The molecule has 0 saturated carbocycles. The largest absolute Gasteiger partial charge is 0.350 e. The molecule has 1 unspecified atom stereocenters. The molecule has 2 aromatic rings. The van der Waals surface area contributed by atoms with Crippen LogP contribution in [0.5, 0.6) is 0 Å². The van der Waals surface area contributed by atoms with Gasteiger partial charge >= 0.3 is 0 Å². The van der Waals surface area contributed by atoms with E-state index in [0.29, 0.717) is 13.0 Å². The van der Waals surface area contributed by atoms with Gasteiger partial charge in [-0.1, -0.05) is 17.7 Å². The molecule has 3 rings (SSSR count).